The zero-order chi connectivity index (χ0) is 13.9. The summed E-state index contributed by atoms with van der Waals surface area (Å²) >= 11 is 3.37. The van der Waals surface area contributed by atoms with Crippen molar-refractivity contribution >= 4 is 41.0 Å². The molecule has 2 aliphatic rings. The molecule has 0 atom stereocenters. The van der Waals surface area contributed by atoms with E-state index in [-0.39, 0.29) is 18.4 Å². The van der Waals surface area contributed by atoms with Crippen LogP contribution in [0.15, 0.2) is 29.2 Å². The monoisotopic (exact) mass is 308 g/mol. The highest BCUT2D eigenvalue weighted by Gasteiger charge is 2.27. The Morgan fingerprint density at radius 2 is 2.15 bits per heavy atom. The van der Waals surface area contributed by atoms with Gasteiger partial charge in [-0.2, -0.15) is 0 Å². The lowest BCUT2D eigenvalue weighted by Crippen LogP contribution is -2.41. The van der Waals surface area contributed by atoms with Gasteiger partial charge in [0.25, 0.3) is 0 Å². The first kappa shape index (κ1) is 13.8. The first-order valence-electron chi connectivity index (χ1n) is 6.63. The topological polar surface area (TPSA) is 40.6 Å². The second-order valence-electron chi connectivity index (χ2n) is 4.78. The van der Waals surface area contributed by atoms with Crippen molar-refractivity contribution in [2.24, 2.45) is 0 Å². The maximum Gasteiger partial charge on any atom is 0.246 e. The third-order valence-electron chi connectivity index (χ3n) is 3.39. The van der Waals surface area contributed by atoms with Crippen LogP contribution in [0, 0.1) is 0 Å². The first-order valence-corrected chi connectivity index (χ1v) is 8.77. The summed E-state index contributed by atoms with van der Waals surface area (Å²) in [5, 5.41) is 0. The second kappa shape index (κ2) is 6.10. The van der Waals surface area contributed by atoms with E-state index < -0.39 is 0 Å². The number of carbonyl (C=O) groups excluding carboxylic acids is 2. The van der Waals surface area contributed by atoms with E-state index >= 15 is 0 Å². The van der Waals surface area contributed by atoms with Gasteiger partial charge in [-0.15, -0.1) is 23.5 Å². The molecule has 3 rings (SSSR count). The zero-order valence-electron chi connectivity index (χ0n) is 11.1. The van der Waals surface area contributed by atoms with Gasteiger partial charge in [-0.25, -0.2) is 0 Å². The van der Waals surface area contributed by atoms with Crippen LogP contribution >= 0.6 is 23.5 Å². The van der Waals surface area contributed by atoms with Crippen molar-refractivity contribution < 1.29 is 9.59 Å². The average molecular weight is 308 g/mol. The molecular weight excluding hydrogens is 292 g/mol. The van der Waals surface area contributed by atoms with Gasteiger partial charge >= 0.3 is 0 Å². The van der Waals surface area contributed by atoms with E-state index in [1.807, 2.05) is 23.1 Å². The SMILES string of the molecule is O=C1CSCN1CC(=O)N1CCCSc2ccccc21. The Kier molecular flexibility index (Phi) is 4.21. The summed E-state index contributed by atoms with van der Waals surface area (Å²) in [5.41, 5.74) is 0.985. The third kappa shape index (κ3) is 2.81. The summed E-state index contributed by atoms with van der Waals surface area (Å²) in [5.74, 6) is 2.25. The smallest absolute Gasteiger partial charge is 0.246 e. The Bertz CT molecular complexity index is 536. The number of fused-ring (bicyclic) bond motifs is 1. The lowest BCUT2D eigenvalue weighted by Gasteiger charge is -2.25. The number of para-hydroxylation sites is 1. The summed E-state index contributed by atoms with van der Waals surface area (Å²) in [7, 11) is 0. The Morgan fingerprint density at radius 3 is 2.95 bits per heavy atom. The third-order valence-corrected chi connectivity index (χ3v) is 5.49. The number of carbonyl (C=O) groups is 2. The fourth-order valence-corrected chi connectivity index (χ4v) is 4.27. The van der Waals surface area contributed by atoms with Crippen molar-refractivity contribution in [3.05, 3.63) is 24.3 Å². The molecule has 2 amide bonds. The number of hydrogen-bond acceptors (Lipinski definition) is 4. The molecule has 0 unspecified atom stereocenters. The number of nitrogens with zero attached hydrogens (tertiary/aromatic N) is 2. The number of anilines is 1. The molecular formula is C14H16N2O2S2. The normalized spacial score (nSPS) is 18.9. The summed E-state index contributed by atoms with van der Waals surface area (Å²) in [6.45, 7) is 0.933. The van der Waals surface area contributed by atoms with E-state index in [0.29, 0.717) is 11.6 Å². The minimum atomic E-state index is 0.0239. The number of amides is 2. The Hall–Kier alpha value is -1.14. The summed E-state index contributed by atoms with van der Waals surface area (Å²) in [6, 6.07) is 8.01. The van der Waals surface area contributed by atoms with Crippen molar-refractivity contribution in [2.75, 3.05) is 35.4 Å². The molecule has 0 bridgehead atoms. The molecule has 1 fully saturated rings. The first-order chi connectivity index (χ1) is 9.75. The zero-order valence-corrected chi connectivity index (χ0v) is 12.7. The van der Waals surface area contributed by atoms with Crippen molar-refractivity contribution in [3.8, 4) is 0 Å². The van der Waals surface area contributed by atoms with Gasteiger partial charge in [0.05, 0.1) is 17.3 Å². The molecule has 20 heavy (non-hydrogen) atoms. The molecule has 2 heterocycles. The van der Waals surface area contributed by atoms with Crippen LogP contribution in [-0.4, -0.2) is 47.2 Å². The molecule has 0 N–H and O–H groups in total. The molecule has 0 aliphatic carbocycles. The molecule has 0 saturated carbocycles. The van der Waals surface area contributed by atoms with E-state index in [1.165, 1.54) is 0 Å². The van der Waals surface area contributed by atoms with Gasteiger partial charge in [0.1, 0.15) is 6.54 Å². The second-order valence-corrected chi connectivity index (χ2v) is 6.88. The molecule has 1 aromatic rings. The molecule has 106 valence electrons. The molecule has 0 radical (unpaired) electrons. The van der Waals surface area contributed by atoms with Crippen LogP contribution in [0.25, 0.3) is 0 Å². The minimum Gasteiger partial charge on any atom is -0.323 e. The van der Waals surface area contributed by atoms with Crippen molar-refractivity contribution in [2.45, 2.75) is 11.3 Å². The fourth-order valence-electron chi connectivity index (χ4n) is 2.38. The lowest BCUT2D eigenvalue weighted by molar-refractivity contribution is -0.131. The van der Waals surface area contributed by atoms with E-state index in [9.17, 15) is 9.59 Å². The van der Waals surface area contributed by atoms with Crippen LogP contribution in [0.2, 0.25) is 0 Å². The van der Waals surface area contributed by atoms with Gasteiger partial charge in [-0.3, -0.25) is 9.59 Å². The maximum atomic E-state index is 12.5. The van der Waals surface area contributed by atoms with Gasteiger partial charge < -0.3 is 9.80 Å². The largest absolute Gasteiger partial charge is 0.323 e. The predicted molar refractivity (Wildman–Crippen MR) is 83.2 cm³/mol. The molecule has 0 spiro atoms. The number of thioether (sulfide) groups is 2. The number of benzene rings is 1. The van der Waals surface area contributed by atoms with Crippen molar-refractivity contribution in [1.82, 2.24) is 4.90 Å². The maximum absolute atomic E-state index is 12.5. The minimum absolute atomic E-state index is 0.0239. The molecule has 6 heteroatoms. The lowest BCUT2D eigenvalue weighted by atomic mass is 10.2. The molecule has 1 saturated heterocycles. The quantitative estimate of drug-likeness (QED) is 0.838. The summed E-state index contributed by atoms with van der Waals surface area (Å²) in [6.07, 6.45) is 0.980. The highest BCUT2D eigenvalue weighted by atomic mass is 32.2. The van der Waals surface area contributed by atoms with Crippen LogP contribution < -0.4 is 4.90 Å². The van der Waals surface area contributed by atoms with Gasteiger partial charge in [0, 0.05) is 11.4 Å². The number of rotatable bonds is 2. The van der Waals surface area contributed by atoms with E-state index in [1.54, 1.807) is 28.4 Å². The van der Waals surface area contributed by atoms with E-state index in [0.717, 1.165) is 29.3 Å². The Balaban J connectivity index is 1.78. The van der Waals surface area contributed by atoms with Crippen LogP contribution in [0.5, 0.6) is 0 Å². The number of hydrogen-bond donors (Lipinski definition) is 0. The highest BCUT2D eigenvalue weighted by molar-refractivity contribution is 8.00. The fraction of sp³-hybridized carbons (Fsp3) is 0.429. The van der Waals surface area contributed by atoms with Crippen LogP contribution in [-0.2, 0) is 9.59 Å². The van der Waals surface area contributed by atoms with E-state index in [4.69, 9.17) is 0 Å². The van der Waals surface area contributed by atoms with Gasteiger partial charge in [-0.1, -0.05) is 12.1 Å². The van der Waals surface area contributed by atoms with Gasteiger partial charge in [-0.05, 0) is 24.3 Å². The molecule has 2 aliphatic heterocycles. The summed E-state index contributed by atoms with van der Waals surface area (Å²) in [4.78, 5) is 28.8. The van der Waals surface area contributed by atoms with Gasteiger partial charge in [0.15, 0.2) is 0 Å². The summed E-state index contributed by atoms with van der Waals surface area (Å²) < 4.78 is 0. The van der Waals surface area contributed by atoms with E-state index in [2.05, 4.69) is 6.07 Å². The Morgan fingerprint density at radius 1 is 1.30 bits per heavy atom. The molecule has 4 nitrogen and oxygen atoms in total. The standard InChI is InChI=1S/C14H16N2O2S2/c17-13(8-15-10-19-9-14(15)18)16-6-3-7-20-12-5-2-1-4-11(12)16/h1-2,4-5H,3,6-10H2. The molecule has 1 aromatic carbocycles. The van der Waals surface area contributed by atoms with Crippen LogP contribution in [0.4, 0.5) is 5.69 Å². The highest BCUT2D eigenvalue weighted by Crippen LogP contribution is 2.33. The van der Waals surface area contributed by atoms with Crippen LogP contribution in [0.3, 0.4) is 0 Å². The van der Waals surface area contributed by atoms with Crippen molar-refractivity contribution in [3.63, 3.8) is 0 Å². The Labute approximate surface area is 126 Å². The average Bonchev–Trinajstić information content (AvgIpc) is 2.75. The predicted octanol–water partition coefficient (Wildman–Crippen LogP) is 2.05. The molecule has 0 aromatic heterocycles. The van der Waals surface area contributed by atoms with Gasteiger partial charge in [0.2, 0.25) is 11.8 Å². The van der Waals surface area contributed by atoms with Crippen LogP contribution in [0.1, 0.15) is 6.42 Å². The van der Waals surface area contributed by atoms with Crippen molar-refractivity contribution in [1.29, 1.82) is 0 Å².